The van der Waals surface area contributed by atoms with Gasteiger partial charge in [-0.15, -0.1) is 125 Å². The molecule has 0 atom stereocenters. The molecule has 10 heteroatoms. The van der Waals surface area contributed by atoms with Crippen molar-refractivity contribution in [3.63, 3.8) is 0 Å². The van der Waals surface area contributed by atoms with Crippen LogP contribution in [0.5, 0.6) is 0 Å². The third-order valence-corrected chi connectivity index (χ3v) is 25.2. The molecule has 14 rings (SSSR count). The topological polar surface area (TPSA) is 56.5 Å². The molecule has 0 bridgehead atoms. The summed E-state index contributed by atoms with van der Waals surface area (Å²) in [7, 11) is -5.24. The predicted molar refractivity (Wildman–Crippen MR) is 375 cm³/mol. The van der Waals surface area contributed by atoms with Crippen LogP contribution in [0.3, 0.4) is 0 Å². The number of fused-ring (bicyclic) bond motifs is 6. The van der Waals surface area contributed by atoms with Gasteiger partial charge < -0.3 is 24.5 Å². The summed E-state index contributed by atoms with van der Waals surface area (Å²) in [6.45, 7) is 19.5. The van der Waals surface area contributed by atoms with Crippen molar-refractivity contribution >= 4 is 77.1 Å². The molecule has 0 unspecified atom stereocenters. The molecule has 13 aromatic rings. The first kappa shape index (κ1) is 61.4. The SMILES string of the molecule is CCn1c2ccccc2c2cc[c-]c(-c3cc(C)c([Si](C)(C)C)cn3)c21.C[Si](C)(C)c1ccc(-c2[c-]cc3c(c2)[Si](c2ccccc2)(c2ccccc2)c2ccccc2-3)nc1.Cc1ccc(-c2[c-]cccc2)nc1.[2H]C([2H])([2H])c1ccnc(-c2[c-]cccc2)c1.[Ir].[Ir]. The summed E-state index contributed by atoms with van der Waals surface area (Å²) < 4.78 is 24.4. The molecule has 0 aliphatic carbocycles. The van der Waals surface area contributed by atoms with Gasteiger partial charge >= 0.3 is 0 Å². The largest absolute Gasteiger partial charge is 0.381 e. The van der Waals surface area contributed by atoms with Crippen LogP contribution in [0.15, 0.2) is 249 Å². The molecular weight excluding hydrogens is 1490 g/mol. The summed E-state index contributed by atoms with van der Waals surface area (Å²) in [5.41, 5.74) is 15.6. The smallest absolute Gasteiger partial charge is 0.161 e. The van der Waals surface area contributed by atoms with Crippen molar-refractivity contribution in [1.29, 1.82) is 0 Å². The van der Waals surface area contributed by atoms with Gasteiger partial charge in [-0.1, -0.05) is 206 Å². The minimum absolute atomic E-state index is 0. The molecule has 0 N–H and O–H groups in total. The minimum atomic E-state index is -2.47. The molecule has 1 aliphatic rings. The molecule has 0 amide bonds. The van der Waals surface area contributed by atoms with Crippen LogP contribution in [-0.4, -0.2) is 48.7 Å². The molecule has 1 aliphatic heterocycles. The first-order chi connectivity index (χ1) is 43.3. The van der Waals surface area contributed by atoms with Crippen LogP contribution in [0.2, 0.25) is 39.3 Å². The molecule has 5 nitrogen and oxygen atoms in total. The van der Waals surface area contributed by atoms with Crippen LogP contribution in [0, 0.1) is 45.0 Å². The van der Waals surface area contributed by atoms with E-state index in [1.54, 1.807) is 12.1 Å². The summed E-state index contributed by atoms with van der Waals surface area (Å²) >= 11 is 0. The van der Waals surface area contributed by atoms with Crippen LogP contribution in [0.4, 0.5) is 0 Å². The number of hydrogen-bond donors (Lipinski definition) is 0. The molecule has 89 heavy (non-hydrogen) atoms. The average Bonchev–Trinajstić information content (AvgIpc) is 1.54. The summed E-state index contributed by atoms with van der Waals surface area (Å²) in [6, 6.07) is 91.0. The van der Waals surface area contributed by atoms with Crippen molar-refractivity contribution in [3.05, 3.63) is 290 Å². The number of aromatic nitrogens is 5. The number of hydrogen-bond acceptors (Lipinski definition) is 4. The maximum absolute atomic E-state index is 7.33. The van der Waals surface area contributed by atoms with Crippen LogP contribution >= 0.6 is 0 Å². The zero-order valence-electron chi connectivity index (χ0n) is 54.8. The van der Waals surface area contributed by atoms with Crippen molar-refractivity contribution in [3.8, 4) is 56.2 Å². The molecule has 0 fully saturated rings. The molecule has 448 valence electrons. The third kappa shape index (κ3) is 14.1. The van der Waals surface area contributed by atoms with Gasteiger partial charge in [0.2, 0.25) is 0 Å². The normalized spacial score (nSPS) is 12.5. The van der Waals surface area contributed by atoms with Gasteiger partial charge in [0.15, 0.2) is 8.07 Å². The van der Waals surface area contributed by atoms with E-state index in [-0.39, 0.29) is 40.2 Å². The van der Waals surface area contributed by atoms with Gasteiger partial charge in [-0.3, -0.25) is 0 Å². The molecule has 6 heterocycles. The van der Waals surface area contributed by atoms with Crippen molar-refractivity contribution in [2.75, 3.05) is 0 Å². The maximum Gasteiger partial charge on any atom is 0.161 e. The fourth-order valence-corrected chi connectivity index (χ4v) is 19.8. The van der Waals surface area contributed by atoms with E-state index >= 15 is 0 Å². The Bertz CT molecular complexity index is 4560. The quantitative estimate of drug-likeness (QED) is 0.107. The molecule has 0 saturated carbocycles. The maximum atomic E-state index is 7.33. The van der Waals surface area contributed by atoms with Gasteiger partial charge in [0.25, 0.3) is 0 Å². The Labute approximate surface area is 561 Å². The summed E-state index contributed by atoms with van der Waals surface area (Å²) in [5, 5.41) is 11.1. The van der Waals surface area contributed by atoms with E-state index in [2.05, 4.69) is 256 Å². The Morgan fingerprint density at radius 3 is 1.70 bits per heavy atom. The van der Waals surface area contributed by atoms with Crippen LogP contribution in [-0.2, 0) is 46.8 Å². The standard InChI is InChI=1S/C32H28NSi2.C23H25N2Si.2C12H10N.2Ir/c1-34(2,3)27-19-21-30(33-23-27)24-18-20-29-28-16-10-11-17-31(28)35(32(29)22-24,25-12-6-4-7-13-25)26-14-8-5-9-15-26;1-6-25-21-13-8-7-10-17(21)18-11-9-12-19(23(18)25)20-14-16(2)22(15-24-20)26(3,4)5;1-10-7-8-13-12(9-10)11-5-3-2-4-6-11;1-10-7-8-12(13-9-10)11-5-3-2-4-6-11;;/h4-17,19-23H,1-3H3;7-11,13-15H,6H2,1-5H3;2*2-5,7-9H,1H3;;/q4*-1;;/i;;1D3;;;. The first-order valence-corrected chi connectivity index (χ1v) is 38.8. The summed E-state index contributed by atoms with van der Waals surface area (Å²) in [6.07, 6.45) is 7.56. The van der Waals surface area contributed by atoms with E-state index in [1.807, 2.05) is 67.7 Å². The van der Waals surface area contributed by atoms with Gasteiger partial charge in [-0.25, -0.2) is 0 Å². The second kappa shape index (κ2) is 28.7. The van der Waals surface area contributed by atoms with Crippen molar-refractivity contribution < 1.29 is 44.3 Å². The fraction of sp³-hybridized carbons (Fsp3) is 0.139. The number of rotatable bonds is 9. The van der Waals surface area contributed by atoms with Crippen molar-refractivity contribution in [2.45, 2.75) is 73.4 Å². The average molecular weight is 1560 g/mol. The number of nitrogens with zero attached hydrogens (tertiary/aromatic N) is 5. The zero-order chi connectivity index (χ0) is 63.2. The minimum Gasteiger partial charge on any atom is -0.381 e. The Morgan fingerprint density at radius 2 is 1.09 bits per heavy atom. The first-order valence-electron chi connectivity index (χ1n) is 31.3. The van der Waals surface area contributed by atoms with Crippen molar-refractivity contribution in [2.24, 2.45) is 0 Å². The molecular formula is C79H73Ir2N5Si3-4. The molecule has 0 saturated heterocycles. The third-order valence-electron chi connectivity index (χ3n) is 16.2. The van der Waals surface area contributed by atoms with Gasteiger partial charge in [0.1, 0.15) is 0 Å². The number of aryl methyl sites for hydroxylation is 4. The van der Waals surface area contributed by atoms with Crippen LogP contribution in [0.1, 0.15) is 27.7 Å². The van der Waals surface area contributed by atoms with Crippen molar-refractivity contribution in [1.82, 2.24) is 24.5 Å². The van der Waals surface area contributed by atoms with Gasteiger partial charge in [0, 0.05) is 81.2 Å². The van der Waals surface area contributed by atoms with E-state index in [1.165, 1.54) is 87.4 Å². The molecule has 5 aromatic heterocycles. The van der Waals surface area contributed by atoms with Gasteiger partial charge in [0.05, 0.1) is 16.1 Å². The number of benzene rings is 8. The molecule has 2 radical (unpaired) electrons. The van der Waals surface area contributed by atoms with E-state index in [9.17, 15) is 0 Å². The Kier molecular flexibility index (Phi) is 19.8. The predicted octanol–water partition coefficient (Wildman–Crippen LogP) is 15.7. The second-order valence-electron chi connectivity index (χ2n) is 24.1. The van der Waals surface area contributed by atoms with E-state index < -0.39 is 31.1 Å². The second-order valence-corrected chi connectivity index (χ2v) is 37.9. The Balaban J connectivity index is 0.000000154. The summed E-state index contributed by atoms with van der Waals surface area (Å²) in [4.78, 5) is 18.2. The number of pyridine rings is 4. The van der Waals surface area contributed by atoms with E-state index in [4.69, 9.17) is 14.1 Å². The molecule has 0 spiro atoms. The molecule has 8 aromatic carbocycles. The van der Waals surface area contributed by atoms with E-state index in [0.717, 1.165) is 45.9 Å². The summed E-state index contributed by atoms with van der Waals surface area (Å²) in [5.74, 6) is 0. The van der Waals surface area contributed by atoms with E-state index in [0.29, 0.717) is 11.3 Å². The zero-order valence-corrected chi connectivity index (χ0v) is 59.6. The Morgan fingerprint density at radius 1 is 0.472 bits per heavy atom. The van der Waals surface area contributed by atoms with Gasteiger partial charge in [-0.2, -0.15) is 0 Å². The van der Waals surface area contributed by atoms with Crippen LogP contribution in [0.25, 0.3) is 78.0 Å². The fourth-order valence-electron chi connectivity index (χ4n) is 11.9. The monoisotopic (exact) mass is 1560 g/mol. The van der Waals surface area contributed by atoms with Crippen LogP contribution < -0.4 is 31.1 Å². The Hall–Kier alpha value is -7.89. The van der Waals surface area contributed by atoms with Gasteiger partial charge in [-0.05, 0) is 105 Å². The number of para-hydroxylation sites is 1.